The first-order valence-corrected chi connectivity index (χ1v) is 12.3. The zero-order valence-electron chi connectivity index (χ0n) is 19.2. The zero-order valence-corrected chi connectivity index (χ0v) is 20.0. The first-order chi connectivity index (χ1) is 16.9. The second-order valence-electron chi connectivity index (χ2n) is 9.00. The smallest absolute Gasteiger partial charge is 0.301 e. The molecule has 0 saturated carbocycles. The predicted molar refractivity (Wildman–Crippen MR) is 136 cm³/mol. The number of hydrogen-bond acceptors (Lipinski definition) is 6. The molecule has 1 aromatic heterocycles. The maximum Gasteiger partial charge on any atom is 0.301 e. The topological polar surface area (TPSA) is 79.7 Å². The van der Waals surface area contributed by atoms with Crippen LogP contribution in [0.4, 0.5) is 5.13 Å². The Morgan fingerprint density at radius 3 is 2.69 bits per heavy atom. The average molecular weight is 483 g/mol. The number of carbonyl (C=O) groups excluding carboxylic acids is 2. The van der Waals surface area contributed by atoms with Crippen molar-refractivity contribution in [1.82, 2.24) is 4.98 Å². The molecule has 3 aromatic carbocycles. The number of aromatic nitrogens is 1. The van der Waals surface area contributed by atoms with Crippen LogP contribution in [0.5, 0.6) is 5.75 Å². The van der Waals surface area contributed by atoms with Crippen LogP contribution in [0.1, 0.15) is 35.2 Å². The fraction of sp³-hybridized carbons (Fsp3) is 0.179. The highest BCUT2D eigenvalue weighted by Gasteiger charge is 2.48. The largest absolute Gasteiger partial charge is 0.507 e. The summed E-state index contributed by atoms with van der Waals surface area (Å²) in [5.41, 5.74) is 4.08. The normalized spacial score (nSPS) is 20.9. The molecule has 6 rings (SSSR count). The molecule has 174 valence electrons. The molecule has 0 aliphatic carbocycles. The fourth-order valence-electron chi connectivity index (χ4n) is 4.83. The number of fused-ring (bicyclic) bond motifs is 2. The number of ketones is 1. The van der Waals surface area contributed by atoms with Crippen molar-refractivity contribution in [2.75, 3.05) is 4.90 Å². The molecular formula is C28H22N2O4S. The fourth-order valence-corrected chi connectivity index (χ4v) is 5.92. The van der Waals surface area contributed by atoms with Crippen LogP contribution in [-0.2, 0) is 16.0 Å². The van der Waals surface area contributed by atoms with Gasteiger partial charge in [0, 0.05) is 12.0 Å². The summed E-state index contributed by atoms with van der Waals surface area (Å²) in [6.45, 7) is 3.98. The number of nitrogens with zero attached hydrogens (tertiary/aromatic N) is 2. The van der Waals surface area contributed by atoms with Crippen LogP contribution < -0.4 is 9.64 Å². The summed E-state index contributed by atoms with van der Waals surface area (Å²) >= 11 is 1.36. The number of anilines is 1. The minimum atomic E-state index is -0.790. The number of aliphatic hydroxyl groups excluding tert-OH is 1. The maximum atomic E-state index is 13.4. The minimum Gasteiger partial charge on any atom is -0.507 e. The molecule has 0 bridgehead atoms. The van der Waals surface area contributed by atoms with E-state index >= 15 is 0 Å². The number of Topliss-reactive ketones (excluding diaryl/α,β-unsaturated/α-hetero) is 1. The monoisotopic (exact) mass is 482 g/mol. The lowest BCUT2D eigenvalue weighted by atomic mass is 9.94. The van der Waals surface area contributed by atoms with Gasteiger partial charge in [0.05, 0.1) is 21.8 Å². The third kappa shape index (κ3) is 3.51. The second kappa shape index (κ2) is 8.06. The van der Waals surface area contributed by atoms with Crippen molar-refractivity contribution in [2.45, 2.75) is 32.4 Å². The molecular weight excluding hydrogens is 460 g/mol. The molecule has 0 radical (unpaired) electrons. The lowest BCUT2D eigenvalue weighted by molar-refractivity contribution is -0.132. The van der Waals surface area contributed by atoms with Crippen LogP contribution in [0.15, 0.2) is 72.3 Å². The van der Waals surface area contributed by atoms with Crippen LogP contribution in [0.3, 0.4) is 0 Å². The van der Waals surface area contributed by atoms with Gasteiger partial charge in [-0.15, -0.1) is 0 Å². The highest BCUT2D eigenvalue weighted by atomic mass is 32.1. The summed E-state index contributed by atoms with van der Waals surface area (Å²) < 4.78 is 6.71. The summed E-state index contributed by atoms with van der Waals surface area (Å²) in [5, 5.41) is 11.8. The molecule has 1 amide bonds. The van der Waals surface area contributed by atoms with Crippen molar-refractivity contribution in [3.05, 3.63) is 94.6 Å². The van der Waals surface area contributed by atoms with E-state index < -0.39 is 17.7 Å². The summed E-state index contributed by atoms with van der Waals surface area (Å²) in [6.07, 6.45) is 0.776. The molecule has 6 nitrogen and oxygen atoms in total. The number of carbonyl (C=O) groups is 2. The van der Waals surface area contributed by atoms with E-state index in [4.69, 9.17) is 4.74 Å². The lowest BCUT2D eigenvalue weighted by Gasteiger charge is -2.23. The number of aryl methyl sites for hydroxylation is 1. The van der Waals surface area contributed by atoms with Gasteiger partial charge in [-0.2, -0.15) is 0 Å². The van der Waals surface area contributed by atoms with Crippen molar-refractivity contribution in [3.63, 3.8) is 0 Å². The SMILES string of the molecule is Cc1ccc2nc(N3C(=O)C(=O)C(=C(O)c4ccc5c(c4)C[C@H](C)O5)[C@H]3c3ccccc3)sc2c1. The van der Waals surface area contributed by atoms with Gasteiger partial charge in [-0.3, -0.25) is 14.5 Å². The van der Waals surface area contributed by atoms with Gasteiger partial charge in [0.15, 0.2) is 5.13 Å². The van der Waals surface area contributed by atoms with Crippen LogP contribution in [0.25, 0.3) is 16.0 Å². The highest BCUT2D eigenvalue weighted by molar-refractivity contribution is 7.22. The zero-order chi connectivity index (χ0) is 24.3. The van der Waals surface area contributed by atoms with Crippen molar-refractivity contribution in [1.29, 1.82) is 0 Å². The van der Waals surface area contributed by atoms with Crippen molar-refractivity contribution in [2.24, 2.45) is 0 Å². The highest BCUT2D eigenvalue weighted by Crippen LogP contribution is 2.44. The molecule has 0 unspecified atom stereocenters. The first-order valence-electron chi connectivity index (χ1n) is 11.4. The van der Waals surface area contributed by atoms with Gasteiger partial charge in [0.2, 0.25) is 0 Å². The van der Waals surface area contributed by atoms with Gasteiger partial charge in [-0.1, -0.05) is 47.7 Å². The lowest BCUT2D eigenvalue weighted by Crippen LogP contribution is -2.29. The van der Waals surface area contributed by atoms with Gasteiger partial charge in [0.25, 0.3) is 5.78 Å². The van der Waals surface area contributed by atoms with Gasteiger partial charge in [0.1, 0.15) is 17.6 Å². The van der Waals surface area contributed by atoms with E-state index in [-0.39, 0.29) is 17.4 Å². The summed E-state index contributed by atoms with van der Waals surface area (Å²) in [4.78, 5) is 32.9. The van der Waals surface area contributed by atoms with Crippen molar-refractivity contribution in [3.8, 4) is 5.75 Å². The molecule has 1 N–H and O–H groups in total. The third-order valence-electron chi connectivity index (χ3n) is 6.47. The van der Waals surface area contributed by atoms with Crippen LogP contribution in [0.2, 0.25) is 0 Å². The number of benzene rings is 3. The van der Waals surface area contributed by atoms with E-state index in [1.807, 2.05) is 68.4 Å². The van der Waals surface area contributed by atoms with E-state index in [9.17, 15) is 14.7 Å². The standard InChI is InChI=1S/C28H22N2O4S/c1-15-8-10-20-22(12-15)35-28(29-20)30-24(17-6-4-3-5-7-17)23(26(32)27(30)33)25(31)18-9-11-21-19(14-18)13-16(2)34-21/h3-12,14,16,24,31H,13H2,1-2H3/t16-,24+/m0/s1. The predicted octanol–water partition coefficient (Wildman–Crippen LogP) is 5.55. The molecule has 7 heteroatoms. The van der Waals surface area contributed by atoms with Crippen molar-refractivity contribution >= 4 is 44.1 Å². The second-order valence-corrected chi connectivity index (χ2v) is 10.0. The number of rotatable bonds is 3. The van der Waals surface area contributed by atoms with E-state index in [0.29, 0.717) is 10.7 Å². The Kier molecular flexibility index (Phi) is 4.96. The van der Waals surface area contributed by atoms with Gasteiger partial charge in [-0.25, -0.2) is 4.98 Å². The Morgan fingerprint density at radius 1 is 1.09 bits per heavy atom. The molecule has 35 heavy (non-hydrogen) atoms. The third-order valence-corrected chi connectivity index (χ3v) is 7.49. The van der Waals surface area contributed by atoms with E-state index in [1.54, 1.807) is 12.1 Å². The molecule has 0 spiro atoms. The molecule has 2 atom stereocenters. The molecule has 1 saturated heterocycles. The molecule has 2 aliphatic rings. The van der Waals surface area contributed by atoms with E-state index in [1.165, 1.54) is 16.2 Å². The summed E-state index contributed by atoms with van der Waals surface area (Å²) in [6, 6.07) is 19.7. The first kappa shape index (κ1) is 21.6. The molecule has 3 heterocycles. The van der Waals surface area contributed by atoms with E-state index in [0.717, 1.165) is 39.1 Å². The summed E-state index contributed by atoms with van der Waals surface area (Å²) in [7, 11) is 0. The van der Waals surface area contributed by atoms with Crippen LogP contribution >= 0.6 is 11.3 Å². The quantitative estimate of drug-likeness (QED) is 0.235. The maximum absolute atomic E-state index is 13.4. The van der Waals surface area contributed by atoms with Crippen LogP contribution in [0, 0.1) is 6.92 Å². The molecule has 2 aliphatic heterocycles. The number of amides is 1. The molecule has 4 aromatic rings. The Morgan fingerprint density at radius 2 is 1.89 bits per heavy atom. The Labute approximate surface area is 206 Å². The average Bonchev–Trinajstić information content (AvgIpc) is 3.51. The van der Waals surface area contributed by atoms with Gasteiger partial charge >= 0.3 is 5.91 Å². The summed E-state index contributed by atoms with van der Waals surface area (Å²) in [5.74, 6) is -0.843. The number of hydrogen-bond donors (Lipinski definition) is 1. The molecule has 1 fully saturated rings. The Hall–Kier alpha value is -3.97. The van der Waals surface area contributed by atoms with Crippen molar-refractivity contribution < 1.29 is 19.4 Å². The number of thiazole rings is 1. The van der Waals surface area contributed by atoms with E-state index in [2.05, 4.69) is 4.98 Å². The Bertz CT molecular complexity index is 1540. The minimum absolute atomic E-state index is 0.0555. The number of aliphatic hydroxyl groups is 1. The number of ether oxygens (including phenoxy) is 1. The van der Waals surface area contributed by atoms with Crippen LogP contribution in [-0.4, -0.2) is 27.9 Å². The van der Waals surface area contributed by atoms with Gasteiger partial charge in [-0.05, 0) is 60.9 Å². The van der Waals surface area contributed by atoms with Gasteiger partial charge < -0.3 is 9.84 Å². The Balaban J connectivity index is 1.53.